The number of rotatable bonds is 4. The molecule has 0 radical (unpaired) electrons. The molecule has 0 nitrogen and oxygen atoms in total. The first-order chi connectivity index (χ1) is 22.8. The van der Waals surface area contributed by atoms with E-state index < -0.39 is 20.0 Å². The predicted octanol–water partition coefficient (Wildman–Crippen LogP) is 14.1. The first-order valence-electron chi connectivity index (χ1n) is 18.8. The van der Waals surface area contributed by atoms with Gasteiger partial charge in [-0.25, -0.2) is 0 Å². The van der Waals surface area contributed by atoms with Gasteiger partial charge in [-0.2, -0.15) is 0 Å². The fourth-order valence-corrected chi connectivity index (χ4v) is 27.5. The van der Waals surface area contributed by atoms with E-state index in [1.165, 1.54) is 62.1 Å². The van der Waals surface area contributed by atoms with Crippen molar-refractivity contribution >= 4 is 12.2 Å². The molecular weight excluding hydrogens is 755 g/mol. The summed E-state index contributed by atoms with van der Waals surface area (Å²) in [4.78, 5) is 0. The molecule has 0 spiro atoms. The summed E-state index contributed by atoms with van der Waals surface area (Å²) in [5.74, 6) is 0.608. The molecule has 1 fully saturated rings. The van der Waals surface area contributed by atoms with E-state index in [4.69, 9.17) is 0 Å². The molecule has 0 saturated carbocycles. The van der Waals surface area contributed by atoms with Crippen LogP contribution in [0.4, 0.5) is 0 Å². The molecule has 4 aromatic rings. The van der Waals surface area contributed by atoms with Crippen LogP contribution in [0, 0.1) is 25.2 Å². The molecule has 1 aliphatic heterocycles. The molecule has 0 N–H and O–H groups in total. The Kier molecular flexibility index (Phi) is 8.23. The minimum absolute atomic E-state index is 0.0296. The average molecular weight is 813 g/mol. The van der Waals surface area contributed by atoms with Gasteiger partial charge in [0.15, 0.2) is 0 Å². The molecule has 49 heavy (non-hydrogen) atoms. The molecule has 0 bridgehead atoms. The summed E-state index contributed by atoms with van der Waals surface area (Å²) in [5.41, 5.74) is 21.2. The van der Waals surface area contributed by atoms with Crippen molar-refractivity contribution in [3.63, 3.8) is 0 Å². The number of hydrogen-bond acceptors (Lipinski definition) is 0. The third kappa shape index (κ3) is 5.48. The van der Waals surface area contributed by atoms with Crippen molar-refractivity contribution in [3.05, 3.63) is 128 Å². The number of allylic oxidation sites excluding steroid dienone is 2. The molecule has 1 saturated heterocycles. The maximum atomic E-state index is 2.79. The standard InChI is InChI=1S/C46H52.2CH3.Hf/c1-29(2)28-46(11,36-24-32-14-12-16-40(42(32)26-36)38-20-18-34(22-30(38)3)44(5,6)7)37-25-33-15-13-17-41(43(33)27-37)39-21-19-35(23-31(39)4)45(8,9)10;;;/h12-27,29H,28H2,1-11H3;2*1H3;. The van der Waals surface area contributed by atoms with Gasteiger partial charge >= 0.3 is 304 Å². The van der Waals surface area contributed by atoms with Crippen LogP contribution in [-0.2, 0) is 30.8 Å². The van der Waals surface area contributed by atoms with Crippen molar-refractivity contribution < 1.29 is 20.0 Å². The van der Waals surface area contributed by atoms with E-state index in [-0.39, 0.29) is 16.2 Å². The van der Waals surface area contributed by atoms with Gasteiger partial charge in [0.1, 0.15) is 0 Å². The second-order valence-corrected chi connectivity index (χ2v) is 36.2. The van der Waals surface area contributed by atoms with Crippen LogP contribution in [0.2, 0.25) is 9.36 Å². The Bertz CT molecular complexity index is 1910. The van der Waals surface area contributed by atoms with Crippen molar-refractivity contribution in [2.45, 2.75) is 110 Å². The molecule has 0 amide bonds. The van der Waals surface area contributed by atoms with Crippen LogP contribution < -0.4 is 0 Å². The van der Waals surface area contributed by atoms with E-state index in [9.17, 15) is 0 Å². The van der Waals surface area contributed by atoms with Crippen LogP contribution in [-0.4, -0.2) is 0 Å². The molecule has 2 unspecified atom stereocenters. The molecule has 4 aromatic carbocycles. The summed E-state index contributed by atoms with van der Waals surface area (Å²) in [6.07, 6.45) is 6.59. The van der Waals surface area contributed by atoms with Gasteiger partial charge < -0.3 is 0 Å². The van der Waals surface area contributed by atoms with Crippen LogP contribution >= 0.6 is 0 Å². The van der Waals surface area contributed by atoms with Crippen LogP contribution in [0.1, 0.15) is 121 Å². The monoisotopic (exact) mass is 814 g/mol. The third-order valence-corrected chi connectivity index (χ3v) is 27.6. The molecule has 254 valence electrons. The van der Waals surface area contributed by atoms with E-state index in [0.717, 1.165) is 0 Å². The third-order valence-electron chi connectivity index (χ3n) is 12.5. The van der Waals surface area contributed by atoms with Gasteiger partial charge in [0.25, 0.3) is 0 Å². The van der Waals surface area contributed by atoms with Crippen molar-refractivity contribution in [2.24, 2.45) is 11.3 Å². The van der Waals surface area contributed by atoms with Gasteiger partial charge in [0.2, 0.25) is 0 Å². The van der Waals surface area contributed by atoms with Crippen LogP contribution in [0.3, 0.4) is 0 Å². The van der Waals surface area contributed by atoms with E-state index in [2.05, 4.69) is 170 Å². The van der Waals surface area contributed by atoms with Gasteiger partial charge in [-0.15, -0.1) is 0 Å². The fourth-order valence-electron chi connectivity index (χ4n) is 10.1. The Morgan fingerprint density at radius 1 is 0.612 bits per heavy atom. The van der Waals surface area contributed by atoms with Crippen LogP contribution in [0.5, 0.6) is 0 Å². The van der Waals surface area contributed by atoms with Crippen molar-refractivity contribution in [3.8, 4) is 22.3 Å². The van der Waals surface area contributed by atoms with Gasteiger partial charge in [-0.05, 0) is 0 Å². The zero-order valence-electron chi connectivity index (χ0n) is 32.5. The summed E-state index contributed by atoms with van der Waals surface area (Å²) >= 11 is -3.16. The average Bonchev–Trinajstić information content (AvgIpc) is 3.61. The summed E-state index contributed by atoms with van der Waals surface area (Å²) in [7, 11) is 0. The first kappa shape index (κ1) is 34.7. The van der Waals surface area contributed by atoms with Gasteiger partial charge in [-0.3, -0.25) is 0 Å². The predicted molar refractivity (Wildman–Crippen MR) is 211 cm³/mol. The Morgan fingerprint density at radius 3 is 1.37 bits per heavy atom. The Labute approximate surface area is 302 Å². The molecule has 1 heterocycles. The second-order valence-electron chi connectivity index (χ2n) is 19.0. The maximum absolute atomic E-state index is 3.16. The van der Waals surface area contributed by atoms with Gasteiger partial charge in [0, 0.05) is 0 Å². The molecule has 2 atom stereocenters. The molecule has 7 rings (SSSR count). The summed E-state index contributed by atoms with van der Waals surface area (Å²) in [5, 5.41) is 0. The van der Waals surface area contributed by atoms with Crippen LogP contribution in [0.15, 0.2) is 83.9 Å². The minimum atomic E-state index is -3.16. The van der Waals surface area contributed by atoms with Gasteiger partial charge in [-0.1, -0.05) is 0 Å². The van der Waals surface area contributed by atoms with Crippen molar-refractivity contribution in [1.29, 1.82) is 0 Å². The number of hydrogen-bond donors (Lipinski definition) is 0. The van der Waals surface area contributed by atoms with E-state index >= 15 is 0 Å². The van der Waals surface area contributed by atoms with Crippen molar-refractivity contribution in [2.75, 3.05) is 0 Å². The number of benzene rings is 4. The SMILES string of the molecule is Cc1cc(C(C)(C)C)ccc1-c1cccc2c1C=C1[CH]2[Hf]([CH3])([CH3])[CH]2C(=Cc3c(-c4ccc(C(C)(C)C)cc4C)cccc32)C1(C)CC(C)C. The van der Waals surface area contributed by atoms with Gasteiger partial charge in [0.05, 0.1) is 0 Å². The Balaban J connectivity index is 1.42. The summed E-state index contributed by atoms with van der Waals surface area (Å²) in [6.45, 7) is 26.0. The van der Waals surface area contributed by atoms with Crippen molar-refractivity contribution in [1.82, 2.24) is 0 Å². The summed E-state index contributed by atoms with van der Waals surface area (Å²) < 4.78 is 6.75. The number of aryl methyl sites for hydroxylation is 2. The quantitative estimate of drug-likeness (QED) is 0.180. The number of fused-ring (bicyclic) bond motifs is 6. The normalized spacial score (nSPS) is 22.3. The first-order valence-corrected chi connectivity index (χ1v) is 30.1. The molecule has 2 aliphatic carbocycles. The Morgan fingerprint density at radius 2 is 1.02 bits per heavy atom. The topological polar surface area (TPSA) is 0 Å². The molecule has 0 aromatic heterocycles. The molecule has 1 heteroatoms. The second kappa shape index (κ2) is 11.6. The van der Waals surface area contributed by atoms with E-state index in [0.29, 0.717) is 13.3 Å². The Hall–Kier alpha value is -2.77. The summed E-state index contributed by atoms with van der Waals surface area (Å²) in [6, 6.07) is 28.9. The van der Waals surface area contributed by atoms with Crippen LogP contribution in [0.25, 0.3) is 34.4 Å². The molecule has 3 aliphatic rings. The zero-order chi connectivity index (χ0) is 35.4. The molecular formula is C48H58Hf. The zero-order valence-corrected chi connectivity index (χ0v) is 36.1. The van der Waals surface area contributed by atoms with E-state index in [1.54, 1.807) is 22.3 Å². The van der Waals surface area contributed by atoms with E-state index in [1.807, 2.05) is 0 Å². The fraction of sp³-hybridized carbons (Fsp3) is 0.417.